The Morgan fingerprint density at radius 3 is 2.36 bits per heavy atom. The van der Waals surface area contributed by atoms with E-state index in [-0.39, 0.29) is 27.7 Å². The van der Waals surface area contributed by atoms with Gasteiger partial charge in [-0.3, -0.25) is 18.9 Å². The highest BCUT2D eigenvalue weighted by atomic mass is 32.2. The molecule has 2 heterocycles. The third kappa shape index (κ3) is 6.43. The second kappa shape index (κ2) is 12.4. The van der Waals surface area contributed by atoms with E-state index >= 15 is 0 Å². The summed E-state index contributed by atoms with van der Waals surface area (Å²) in [6, 6.07) is 18.0. The number of morpholine rings is 1. The largest absolute Gasteiger partial charge is 0.418 e. The normalized spacial score (nSPS) is 14.7. The van der Waals surface area contributed by atoms with Gasteiger partial charge in [-0.05, 0) is 55.0 Å². The zero-order valence-electron chi connectivity index (χ0n) is 22.8. The van der Waals surface area contributed by atoms with Gasteiger partial charge in [0.1, 0.15) is 0 Å². The molecule has 0 atom stereocenters. The summed E-state index contributed by atoms with van der Waals surface area (Å²) >= 11 is 1.01. The number of ether oxygens (including phenoxy) is 1. The fourth-order valence-corrected chi connectivity index (χ4v) is 6.91. The molecule has 1 aromatic heterocycles. The van der Waals surface area contributed by atoms with Gasteiger partial charge in [-0.25, -0.2) is 13.4 Å². The quantitative estimate of drug-likeness (QED) is 0.246. The number of carbonyl (C=O) groups excluding carboxylic acids is 1. The van der Waals surface area contributed by atoms with E-state index in [1.807, 2.05) is 0 Å². The summed E-state index contributed by atoms with van der Waals surface area (Å²) in [6.45, 7) is 3.66. The Morgan fingerprint density at radius 2 is 1.69 bits per heavy atom. The maximum atomic E-state index is 13.8. The number of aromatic nitrogens is 1. The lowest BCUT2D eigenvalue weighted by Crippen LogP contribution is -2.39. The van der Waals surface area contributed by atoms with Crippen LogP contribution in [0.25, 0.3) is 10.2 Å². The number of fused-ring (bicyclic) bond motifs is 1. The SMILES string of the molecule is CN(c1ccccc1)S(=O)(=O)c1ccc(C(=O)N(CCCN2CCOCC2)c2nc3c(C(F)(F)F)cccc3s2)cc1. The number of nitrogens with zero attached hydrogens (tertiary/aromatic N) is 4. The fraction of sp³-hybridized carbons (Fsp3) is 0.310. The predicted octanol–water partition coefficient (Wildman–Crippen LogP) is 5.51. The molecule has 0 spiro atoms. The fourth-order valence-electron chi connectivity index (χ4n) is 4.70. The zero-order valence-corrected chi connectivity index (χ0v) is 24.4. The third-order valence-corrected chi connectivity index (χ3v) is 9.87. The number of thiazole rings is 1. The lowest BCUT2D eigenvalue weighted by atomic mass is 10.2. The minimum Gasteiger partial charge on any atom is -0.379 e. The first-order chi connectivity index (χ1) is 20.1. The number of amides is 1. The molecule has 0 saturated carbocycles. The van der Waals surface area contributed by atoms with E-state index < -0.39 is 27.7 Å². The van der Waals surface area contributed by atoms with Crippen molar-refractivity contribution >= 4 is 48.3 Å². The van der Waals surface area contributed by atoms with Gasteiger partial charge in [0.25, 0.3) is 15.9 Å². The third-order valence-electron chi connectivity index (χ3n) is 7.03. The van der Waals surface area contributed by atoms with Crippen LogP contribution in [0.5, 0.6) is 0 Å². The van der Waals surface area contributed by atoms with Crippen molar-refractivity contribution in [3.63, 3.8) is 0 Å². The monoisotopic (exact) mass is 618 g/mol. The smallest absolute Gasteiger partial charge is 0.379 e. The van der Waals surface area contributed by atoms with Crippen LogP contribution in [0, 0.1) is 0 Å². The molecule has 8 nitrogen and oxygen atoms in total. The number of para-hydroxylation sites is 2. The van der Waals surface area contributed by atoms with E-state index in [1.54, 1.807) is 36.4 Å². The number of rotatable bonds is 9. The lowest BCUT2D eigenvalue weighted by Gasteiger charge is -2.27. The van der Waals surface area contributed by atoms with Crippen molar-refractivity contribution in [2.24, 2.45) is 0 Å². The molecule has 0 bridgehead atoms. The highest BCUT2D eigenvalue weighted by Gasteiger charge is 2.34. The molecule has 4 aromatic rings. The van der Waals surface area contributed by atoms with Gasteiger partial charge in [-0.2, -0.15) is 13.2 Å². The van der Waals surface area contributed by atoms with Gasteiger partial charge >= 0.3 is 6.18 Å². The van der Waals surface area contributed by atoms with Gasteiger partial charge in [0.15, 0.2) is 5.13 Å². The average molecular weight is 619 g/mol. The van der Waals surface area contributed by atoms with Crippen molar-refractivity contribution in [2.75, 3.05) is 55.6 Å². The van der Waals surface area contributed by atoms with E-state index in [9.17, 15) is 26.4 Å². The molecule has 5 rings (SSSR count). The van der Waals surface area contributed by atoms with Crippen LogP contribution >= 0.6 is 11.3 Å². The minimum atomic E-state index is -4.59. The number of sulfonamides is 1. The molecule has 1 aliphatic heterocycles. The predicted molar refractivity (Wildman–Crippen MR) is 157 cm³/mol. The first-order valence-corrected chi connectivity index (χ1v) is 15.5. The molecular formula is C29H29F3N4O4S2. The number of hydrogen-bond donors (Lipinski definition) is 0. The van der Waals surface area contributed by atoms with E-state index in [0.29, 0.717) is 36.6 Å². The summed E-state index contributed by atoms with van der Waals surface area (Å²) < 4.78 is 74.3. The highest BCUT2D eigenvalue weighted by molar-refractivity contribution is 7.92. The lowest BCUT2D eigenvalue weighted by molar-refractivity contribution is -0.136. The Balaban J connectivity index is 1.43. The molecule has 0 radical (unpaired) electrons. The number of benzene rings is 3. The van der Waals surface area contributed by atoms with Gasteiger partial charge in [0.2, 0.25) is 0 Å². The topological polar surface area (TPSA) is 83.1 Å². The maximum Gasteiger partial charge on any atom is 0.418 e. The minimum absolute atomic E-state index is 0.000855. The van der Waals surface area contributed by atoms with Gasteiger partial charge < -0.3 is 4.74 Å². The molecule has 1 fully saturated rings. The van der Waals surface area contributed by atoms with Crippen molar-refractivity contribution in [3.05, 3.63) is 83.9 Å². The van der Waals surface area contributed by atoms with E-state index in [0.717, 1.165) is 34.8 Å². The van der Waals surface area contributed by atoms with E-state index in [1.165, 1.54) is 42.3 Å². The number of halogens is 3. The van der Waals surface area contributed by atoms with Crippen molar-refractivity contribution in [3.8, 4) is 0 Å². The Bertz CT molecular complexity index is 1640. The summed E-state index contributed by atoms with van der Waals surface area (Å²) in [5.41, 5.74) is -0.391. The molecule has 222 valence electrons. The standard InChI is InChI=1S/C29H29F3N4O4S2/c1-34(22-7-3-2-4-8-22)42(38,39)23-13-11-21(12-14-23)27(37)36(16-6-15-35-17-19-40-20-18-35)28-33-26-24(29(30,31)32)9-5-10-25(26)41-28/h2-5,7-14H,6,15-20H2,1H3. The van der Waals surface area contributed by atoms with Crippen molar-refractivity contribution < 1.29 is 31.1 Å². The molecule has 0 N–H and O–H groups in total. The van der Waals surface area contributed by atoms with Crippen LogP contribution in [0.4, 0.5) is 24.0 Å². The van der Waals surface area contributed by atoms with Crippen LogP contribution < -0.4 is 9.21 Å². The van der Waals surface area contributed by atoms with Gasteiger partial charge in [0.05, 0.1) is 39.6 Å². The van der Waals surface area contributed by atoms with Gasteiger partial charge in [-0.15, -0.1) is 0 Å². The van der Waals surface area contributed by atoms with E-state index in [2.05, 4.69) is 9.88 Å². The number of anilines is 2. The van der Waals surface area contributed by atoms with Crippen LogP contribution in [0.3, 0.4) is 0 Å². The van der Waals surface area contributed by atoms with E-state index in [4.69, 9.17) is 4.74 Å². The summed E-state index contributed by atoms with van der Waals surface area (Å²) in [4.78, 5) is 21.6. The van der Waals surface area contributed by atoms with Gasteiger partial charge in [0, 0.05) is 38.8 Å². The molecule has 0 unspecified atom stereocenters. The average Bonchev–Trinajstić information content (AvgIpc) is 3.43. The Hall–Kier alpha value is -3.52. The second-order valence-electron chi connectivity index (χ2n) is 9.74. The molecule has 1 saturated heterocycles. The van der Waals surface area contributed by atoms with Crippen LogP contribution in [-0.2, 0) is 20.9 Å². The molecular weight excluding hydrogens is 589 g/mol. The van der Waals surface area contributed by atoms with Crippen LogP contribution in [0.2, 0.25) is 0 Å². The summed E-state index contributed by atoms with van der Waals surface area (Å²) in [5.74, 6) is -0.482. The van der Waals surface area contributed by atoms with Crippen LogP contribution in [-0.4, -0.2) is 70.6 Å². The molecule has 42 heavy (non-hydrogen) atoms. The highest BCUT2D eigenvalue weighted by Crippen LogP contribution is 2.38. The zero-order chi connectivity index (χ0) is 29.9. The maximum absolute atomic E-state index is 13.8. The molecule has 3 aromatic carbocycles. The van der Waals surface area contributed by atoms with Crippen molar-refractivity contribution in [2.45, 2.75) is 17.5 Å². The Morgan fingerprint density at radius 1 is 1.00 bits per heavy atom. The summed E-state index contributed by atoms with van der Waals surface area (Å²) in [6.07, 6.45) is -4.04. The number of alkyl halides is 3. The number of hydrogen-bond acceptors (Lipinski definition) is 7. The first-order valence-electron chi connectivity index (χ1n) is 13.3. The first kappa shape index (κ1) is 30.0. The molecule has 13 heteroatoms. The van der Waals surface area contributed by atoms with Crippen LogP contribution in [0.15, 0.2) is 77.7 Å². The molecule has 1 amide bonds. The van der Waals surface area contributed by atoms with Crippen molar-refractivity contribution in [1.29, 1.82) is 0 Å². The summed E-state index contributed by atoms with van der Waals surface area (Å²) in [5, 5.41) is 0.147. The van der Waals surface area contributed by atoms with Crippen molar-refractivity contribution in [1.82, 2.24) is 9.88 Å². The summed E-state index contributed by atoms with van der Waals surface area (Å²) in [7, 11) is -2.45. The Kier molecular flexibility index (Phi) is 8.83. The molecule has 1 aliphatic rings. The van der Waals surface area contributed by atoms with Gasteiger partial charge in [-0.1, -0.05) is 35.6 Å². The second-order valence-corrected chi connectivity index (χ2v) is 12.7. The molecule has 0 aliphatic carbocycles. The number of carbonyl (C=O) groups is 1. The Labute approximate surface area is 246 Å². The van der Waals surface area contributed by atoms with Crippen LogP contribution in [0.1, 0.15) is 22.3 Å².